The van der Waals surface area contributed by atoms with Crippen molar-refractivity contribution in [2.75, 3.05) is 32.7 Å². The molecule has 1 fully saturated rings. The Labute approximate surface area is 164 Å². The SMILES string of the molecule is O=C([O-])c1cccc2c(CN3CC[NH+](C/C=C/c4ccccc4)CC3)c[nH]c12. The highest BCUT2D eigenvalue weighted by molar-refractivity contribution is 6.02. The van der Waals surface area contributed by atoms with Crippen molar-refractivity contribution >= 4 is 22.9 Å². The van der Waals surface area contributed by atoms with E-state index in [9.17, 15) is 9.90 Å². The Morgan fingerprint density at radius 3 is 2.64 bits per heavy atom. The van der Waals surface area contributed by atoms with Gasteiger partial charge in [0.05, 0.1) is 31.1 Å². The molecule has 5 nitrogen and oxygen atoms in total. The van der Waals surface area contributed by atoms with Gasteiger partial charge in [0, 0.05) is 36.8 Å². The Kier molecular flexibility index (Phi) is 5.55. The summed E-state index contributed by atoms with van der Waals surface area (Å²) in [7, 11) is 0. The van der Waals surface area contributed by atoms with Crippen molar-refractivity contribution in [1.29, 1.82) is 0 Å². The first-order valence-electron chi connectivity index (χ1n) is 9.78. The molecule has 1 aromatic heterocycles. The maximum atomic E-state index is 11.3. The molecule has 2 aromatic carbocycles. The Balaban J connectivity index is 1.32. The van der Waals surface area contributed by atoms with Crippen LogP contribution in [-0.4, -0.2) is 48.6 Å². The molecule has 0 bridgehead atoms. The lowest BCUT2D eigenvalue weighted by Gasteiger charge is -2.31. The Bertz CT molecular complexity index is 970. The largest absolute Gasteiger partial charge is 0.545 e. The molecule has 0 unspecified atom stereocenters. The van der Waals surface area contributed by atoms with Crippen LogP contribution < -0.4 is 10.0 Å². The fraction of sp³-hybridized carbons (Fsp3) is 0.261. The van der Waals surface area contributed by atoms with E-state index in [1.165, 1.54) is 5.56 Å². The maximum absolute atomic E-state index is 11.3. The third-order valence-corrected chi connectivity index (χ3v) is 5.49. The summed E-state index contributed by atoms with van der Waals surface area (Å²) in [6, 6.07) is 15.7. The summed E-state index contributed by atoms with van der Waals surface area (Å²) >= 11 is 0. The first-order chi connectivity index (χ1) is 13.7. The molecule has 0 spiro atoms. The lowest BCUT2D eigenvalue weighted by atomic mass is 10.1. The molecule has 0 atom stereocenters. The molecule has 1 saturated heterocycles. The lowest BCUT2D eigenvalue weighted by molar-refractivity contribution is -0.898. The van der Waals surface area contributed by atoms with Crippen LogP contribution in [0.1, 0.15) is 21.5 Å². The van der Waals surface area contributed by atoms with E-state index in [-0.39, 0.29) is 5.56 Å². The minimum absolute atomic E-state index is 0.225. The number of quaternary nitrogens is 1. The lowest BCUT2D eigenvalue weighted by Crippen LogP contribution is -3.14. The van der Waals surface area contributed by atoms with Crippen molar-refractivity contribution in [1.82, 2.24) is 9.88 Å². The second-order valence-electron chi connectivity index (χ2n) is 7.37. The maximum Gasteiger partial charge on any atom is 0.0962 e. The van der Waals surface area contributed by atoms with Gasteiger partial charge in [-0.2, -0.15) is 0 Å². The van der Waals surface area contributed by atoms with Gasteiger partial charge >= 0.3 is 0 Å². The number of nitrogens with one attached hydrogen (secondary N) is 2. The van der Waals surface area contributed by atoms with Crippen LogP contribution in [0.2, 0.25) is 0 Å². The van der Waals surface area contributed by atoms with E-state index in [0.717, 1.165) is 50.2 Å². The first-order valence-corrected chi connectivity index (χ1v) is 9.78. The summed E-state index contributed by atoms with van der Waals surface area (Å²) in [4.78, 5) is 18.4. The molecule has 0 aliphatic carbocycles. The number of fused-ring (bicyclic) bond motifs is 1. The number of rotatable bonds is 6. The predicted molar refractivity (Wildman–Crippen MR) is 109 cm³/mol. The summed E-state index contributed by atoms with van der Waals surface area (Å²) in [5.41, 5.74) is 3.28. The summed E-state index contributed by atoms with van der Waals surface area (Å²) in [5.74, 6) is -1.14. The van der Waals surface area contributed by atoms with Crippen molar-refractivity contribution in [3.05, 3.63) is 77.5 Å². The van der Waals surface area contributed by atoms with E-state index in [1.807, 2.05) is 18.3 Å². The zero-order valence-electron chi connectivity index (χ0n) is 15.9. The molecule has 1 aliphatic heterocycles. The number of hydrogen-bond donors (Lipinski definition) is 2. The summed E-state index contributed by atoms with van der Waals surface area (Å²) in [5, 5.41) is 12.3. The van der Waals surface area contributed by atoms with Crippen LogP contribution >= 0.6 is 0 Å². The molecular formula is C23H25N3O2. The Hall–Kier alpha value is -2.89. The first kappa shape index (κ1) is 18.5. The molecule has 0 radical (unpaired) electrons. The number of aromatic amines is 1. The fourth-order valence-electron chi connectivity index (χ4n) is 3.91. The number of nitrogens with zero attached hydrogens (tertiary/aromatic N) is 1. The van der Waals surface area contributed by atoms with Crippen LogP contribution in [0.4, 0.5) is 0 Å². The molecule has 0 amide bonds. The highest BCUT2D eigenvalue weighted by Crippen LogP contribution is 2.22. The third kappa shape index (κ3) is 4.16. The van der Waals surface area contributed by atoms with Gasteiger partial charge in [0.25, 0.3) is 0 Å². The second kappa shape index (κ2) is 8.42. The van der Waals surface area contributed by atoms with Gasteiger partial charge in [-0.15, -0.1) is 0 Å². The van der Waals surface area contributed by atoms with Crippen LogP contribution in [0.3, 0.4) is 0 Å². The molecule has 144 valence electrons. The topological polar surface area (TPSA) is 63.6 Å². The van der Waals surface area contributed by atoms with E-state index in [4.69, 9.17) is 0 Å². The van der Waals surface area contributed by atoms with Gasteiger partial charge < -0.3 is 19.8 Å². The van der Waals surface area contributed by atoms with Gasteiger partial charge in [0.1, 0.15) is 0 Å². The molecule has 2 N–H and O–H groups in total. The number of para-hydroxylation sites is 1. The van der Waals surface area contributed by atoms with E-state index >= 15 is 0 Å². The highest BCUT2D eigenvalue weighted by Gasteiger charge is 2.20. The third-order valence-electron chi connectivity index (χ3n) is 5.49. The number of piperazine rings is 1. The minimum atomic E-state index is -1.14. The molecule has 1 aliphatic rings. The Morgan fingerprint density at radius 2 is 1.89 bits per heavy atom. The van der Waals surface area contributed by atoms with Gasteiger partial charge in [0.15, 0.2) is 0 Å². The zero-order chi connectivity index (χ0) is 19.3. The van der Waals surface area contributed by atoms with Crippen LogP contribution in [0.5, 0.6) is 0 Å². The average Bonchev–Trinajstić information content (AvgIpc) is 3.13. The average molecular weight is 375 g/mol. The molecule has 3 aromatic rings. The molecule has 0 saturated carbocycles. The van der Waals surface area contributed by atoms with Crippen molar-refractivity contribution in [2.45, 2.75) is 6.54 Å². The van der Waals surface area contributed by atoms with Gasteiger partial charge in [-0.3, -0.25) is 4.90 Å². The normalized spacial score (nSPS) is 16.1. The molecule has 4 rings (SSSR count). The standard InChI is InChI=1S/C23H25N3O2/c27-23(28)21-10-4-9-20-19(16-24-22(20)21)17-26-14-12-25(13-15-26)11-5-8-18-6-2-1-3-7-18/h1-10,16,24H,11-15,17H2,(H,27,28)/b8-5+. The Morgan fingerprint density at radius 1 is 1.11 bits per heavy atom. The number of hydrogen-bond acceptors (Lipinski definition) is 3. The number of carboxylic acids is 1. The quantitative estimate of drug-likeness (QED) is 0.674. The molecular weight excluding hydrogens is 350 g/mol. The van der Waals surface area contributed by atoms with E-state index < -0.39 is 5.97 Å². The number of aromatic carboxylic acids is 1. The van der Waals surface area contributed by atoms with Crippen LogP contribution in [0, 0.1) is 0 Å². The number of benzene rings is 2. The molecule has 2 heterocycles. The van der Waals surface area contributed by atoms with E-state index in [0.29, 0.717) is 5.52 Å². The van der Waals surface area contributed by atoms with Crippen molar-refractivity contribution in [3.63, 3.8) is 0 Å². The van der Waals surface area contributed by atoms with Gasteiger partial charge in [-0.1, -0.05) is 54.6 Å². The summed E-state index contributed by atoms with van der Waals surface area (Å²) in [6.45, 7) is 6.20. The predicted octanol–water partition coefficient (Wildman–Crippen LogP) is 0.945. The van der Waals surface area contributed by atoms with Crippen molar-refractivity contribution < 1.29 is 14.8 Å². The molecule has 28 heavy (non-hydrogen) atoms. The van der Waals surface area contributed by atoms with E-state index in [2.05, 4.69) is 46.3 Å². The monoisotopic (exact) mass is 375 g/mol. The van der Waals surface area contributed by atoms with Crippen molar-refractivity contribution in [3.8, 4) is 0 Å². The zero-order valence-corrected chi connectivity index (χ0v) is 15.9. The van der Waals surface area contributed by atoms with Crippen LogP contribution in [0.15, 0.2) is 60.8 Å². The summed E-state index contributed by atoms with van der Waals surface area (Å²) < 4.78 is 0. The summed E-state index contributed by atoms with van der Waals surface area (Å²) in [6.07, 6.45) is 6.39. The van der Waals surface area contributed by atoms with Gasteiger partial charge in [0.2, 0.25) is 0 Å². The van der Waals surface area contributed by atoms with Crippen LogP contribution in [0.25, 0.3) is 17.0 Å². The smallest absolute Gasteiger partial charge is 0.0962 e. The van der Waals surface area contributed by atoms with E-state index in [1.54, 1.807) is 17.0 Å². The van der Waals surface area contributed by atoms with Crippen LogP contribution in [-0.2, 0) is 6.54 Å². The number of H-pyrrole nitrogens is 1. The fourth-order valence-corrected chi connectivity index (χ4v) is 3.91. The molecule has 5 heteroatoms. The highest BCUT2D eigenvalue weighted by atomic mass is 16.4. The number of carboxylic acid groups (broad SMARTS) is 1. The number of carbonyl (C=O) groups is 1. The van der Waals surface area contributed by atoms with Gasteiger partial charge in [-0.25, -0.2) is 0 Å². The minimum Gasteiger partial charge on any atom is -0.545 e. The van der Waals surface area contributed by atoms with Gasteiger partial charge in [-0.05, 0) is 17.2 Å². The number of aromatic nitrogens is 1. The number of carbonyl (C=O) groups excluding carboxylic acids is 1. The van der Waals surface area contributed by atoms with Crippen molar-refractivity contribution in [2.24, 2.45) is 0 Å². The second-order valence-corrected chi connectivity index (χ2v) is 7.37.